The quantitative estimate of drug-likeness (QED) is 0.261. The van der Waals surface area contributed by atoms with Crippen molar-refractivity contribution in [3.63, 3.8) is 0 Å². The van der Waals surface area contributed by atoms with Gasteiger partial charge in [0.05, 0.1) is 12.2 Å². The summed E-state index contributed by atoms with van der Waals surface area (Å²) in [5.74, 6) is 1.57. The van der Waals surface area contributed by atoms with Gasteiger partial charge < -0.3 is 24.8 Å². The van der Waals surface area contributed by atoms with Gasteiger partial charge in [-0.15, -0.1) is 24.0 Å². The molecular formula is C17H30IN3O3. The summed E-state index contributed by atoms with van der Waals surface area (Å²) >= 11 is 0. The Bertz CT molecular complexity index is 496. The number of nitrogens with one attached hydrogen (secondary N) is 2. The number of halogens is 1. The van der Waals surface area contributed by atoms with E-state index in [1.54, 1.807) is 21.3 Å². The van der Waals surface area contributed by atoms with Gasteiger partial charge in [0.2, 0.25) is 0 Å². The first kappa shape index (κ1) is 22.9. The lowest BCUT2D eigenvalue weighted by atomic mass is 10.1. The maximum absolute atomic E-state index is 5.61. The molecule has 0 heterocycles. The second kappa shape index (κ2) is 12.3. The van der Waals surface area contributed by atoms with E-state index in [0.29, 0.717) is 26.3 Å². The smallest absolute Gasteiger partial charge is 0.191 e. The molecule has 0 bridgehead atoms. The van der Waals surface area contributed by atoms with Crippen LogP contribution in [0.5, 0.6) is 5.75 Å². The van der Waals surface area contributed by atoms with Gasteiger partial charge >= 0.3 is 0 Å². The Balaban J connectivity index is 0.00000529. The summed E-state index contributed by atoms with van der Waals surface area (Å²) in [5, 5.41) is 6.53. The number of aliphatic imine (C=N–C) groups is 1. The first-order valence-corrected chi connectivity index (χ1v) is 7.71. The van der Waals surface area contributed by atoms with Gasteiger partial charge in [0.15, 0.2) is 5.96 Å². The molecule has 1 aromatic carbocycles. The van der Waals surface area contributed by atoms with Crippen molar-refractivity contribution in [3.05, 3.63) is 29.8 Å². The van der Waals surface area contributed by atoms with Crippen LogP contribution in [-0.4, -0.2) is 52.6 Å². The number of benzene rings is 1. The molecule has 0 atom stereocenters. The van der Waals surface area contributed by atoms with E-state index in [9.17, 15) is 0 Å². The molecule has 0 fully saturated rings. The van der Waals surface area contributed by atoms with Crippen LogP contribution in [0.3, 0.4) is 0 Å². The van der Waals surface area contributed by atoms with Crippen LogP contribution in [-0.2, 0) is 16.0 Å². The largest absolute Gasteiger partial charge is 0.491 e. The van der Waals surface area contributed by atoms with Crippen molar-refractivity contribution in [2.24, 2.45) is 4.99 Å². The van der Waals surface area contributed by atoms with Gasteiger partial charge in [0, 0.05) is 34.4 Å². The van der Waals surface area contributed by atoms with Crippen molar-refractivity contribution in [1.82, 2.24) is 10.6 Å². The fourth-order valence-corrected chi connectivity index (χ4v) is 1.76. The zero-order valence-corrected chi connectivity index (χ0v) is 17.5. The molecule has 0 aliphatic rings. The Hall–Kier alpha value is -1.06. The molecule has 0 spiro atoms. The topological polar surface area (TPSA) is 64.1 Å². The van der Waals surface area contributed by atoms with Crippen molar-refractivity contribution in [3.8, 4) is 5.75 Å². The predicted octanol–water partition coefficient (Wildman–Crippen LogP) is 2.42. The van der Waals surface area contributed by atoms with Crippen LogP contribution in [0.15, 0.2) is 29.3 Å². The molecule has 0 saturated carbocycles. The highest BCUT2D eigenvalue weighted by atomic mass is 127. The number of methoxy groups -OCH3 is 2. The van der Waals surface area contributed by atoms with E-state index < -0.39 is 0 Å². The van der Waals surface area contributed by atoms with Crippen LogP contribution >= 0.6 is 24.0 Å². The third-order valence-electron chi connectivity index (χ3n) is 3.37. The molecular weight excluding hydrogens is 421 g/mol. The van der Waals surface area contributed by atoms with Crippen LogP contribution < -0.4 is 15.4 Å². The highest BCUT2D eigenvalue weighted by Gasteiger charge is 2.16. The molecule has 1 aromatic rings. The Morgan fingerprint density at radius 3 is 2.54 bits per heavy atom. The zero-order valence-electron chi connectivity index (χ0n) is 15.2. The fraction of sp³-hybridized carbons (Fsp3) is 0.588. The lowest BCUT2D eigenvalue weighted by Gasteiger charge is -2.24. The number of hydrogen-bond acceptors (Lipinski definition) is 4. The minimum atomic E-state index is -0.243. The molecule has 0 aliphatic carbocycles. The summed E-state index contributed by atoms with van der Waals surface area (Å²) in [6.45, 7) is 6.50. The summed E-state index contributed by atoms with van der Waals surface area (Å²) < 4.78 is 16.0. The van der Waals surface area contributed by atoms with Crippen LogP contribution in [0.2, 0.25) is 0 Å². The number of ether oxygens (including phenoxy) is 3. The zero-order chi connectivity index (χ0) is 17.1. The third-order valence-corrected chi connectivity index (χ3v) is 3.37. The van der Waals surface area contributed by atoms with E-state index in [0.717, 1.165) is 17.3 Å². The molecule has 24 heavy (non-hydrogen) atoms. The van der Waals surface area contributed by atoms with Crippen LogP contribution in [0, 0.1) is 0 Å². The molecule has 7 heteroatoms. The van der Waals surface area contributed by atoms with E-state index in [1.807, 2.05) is 38.1 Å². The molecule has 138 valence electrons. The normalized spacial score (nSPS) is 11.6. The molecule has 0 aromatic heterocycles. The maximum Gasteiger partial charge on any atom is 0.191 e. The molecule has 0 saturated heterocycles. The van der Waals surface area contributed by atoms with E-state index in [4.69, 9.17) is 14.2 Å². The lowest BCUT2D eigenvalue weighted by Crippen LogP contribution is -2.45. The highest BCUT2D eigenvalue weighted by Crippen LogP contribution is 2.13. The summed E-state index contributed by atoms with van der Waals surface area (Å²) in [4.78, 5) is 4.21. The van der Waals surface area contributed by atoms with Crippen molar-refractivity contribution in [2.75, 3.05) is 41.0 Å². The summed E-state index contributed by atoms with van der Waals surface area (Å²) in [5.41, 5.74) is 0.876. The number of hydrogen-bond donors (Lipinski definition) is 2. The Kier molecular flexibility index (Phi) is 11.8. The minimum Gasteiger partial charge on any atom is -0.491 e. The van der Waals surface area contributed by atoms with Crippen molar-refractivity contribution in [1.29, 1.82) is 0 Å². The predicted molar refractivity (Wildman–Crippen MR) is 109 cm³/mol. The lowest BCUT2D eigenvalue weighted by molar-refractivity contribution is 0.0268. The molecule has 2 N–H and O–H groups in total. The summed E-state index contributed by atoms with van der Waals surface area (Å²) in [7, 11) is 5.11. The van der Waals surface area contributed by atoms with Gasteiger partial charge in [-0.2, -0.15) is 0 Å². The number of guanidine groups is 1. The van der Waals surface area contributed by atoms with E-state index in [2.05, 4.69) is 15.6 Å². The fourth-order valence-electron chi connectivity index (χ4n) is 1.76. The molecule has 0 unspecified atom stereocenters. The van der Waals surface area contributed by atoms with Gasteiger partial charge in [0.25, 0.3) is 0 Å². The third kappa shape index (κ3) is 9.29. The molecule has 6 nitrogen and oxygen atoms in total. The second-order valence-corrected chi connectivity index (χ2v) is 5.73. The summed E-state index contributed by atoms with van der Waals surface area (Å²) in [6.07, 6.45) is 0. The average Bonchev–Trinajstić information content (AvgIpc) is 2.56. The van der Waals surface area contributed by atoms with Gasteiger partial charge in [-0.1, -0.05) is 12.1 Å². The van der Waals surface area contributed by atoms with Crippen LogP contribution in [0.25, 0.3) is 0 Å². The highest BCUT2D eigenvalue weighted by molar-refractivity contribution is 14.0. The number of nitrogens with zero attached hydrogens (tertiary/aromatic N) is 1. The average molecular weight is 451 g/mol. The monoisotopic (exact) mass is 451 g/mol. The van der Waals surface area contributed by atoms with Crippen molar-refractivity contribution >= 4 is 29.9 Å². The van der Waals surface area contributed by atoms with Crippen LogP contribution in [0.1, 0.15) is 19.4 Å². The standard InChI is InChI=1S/C17H29N3O3.HI/c1-17(2,22-5)13-20-16(18-3)19-12-14-7-6-8-15(11-14)23-10-9-21-4;/h6-8,11H,9-10,12-13H2,1-5H3,(H2,18,19,20);1H. The second-order valence-electron chi connectivity index (χ2n) is 5.73. The molecule has 0 amide bonds. The van der Waals surface area contributed by atoms with Gasteiger partial charge in [-0.3, -0.25) is 4.99 Å². The Morgan fingerprint density at radius 1 is 1.17 bits per heavy atom. The van der Waals surface area contributed by atoms with E-state index in [-0.39, 0.29) is 29.6 Å². The van der Waals surface area contributed by atoms with Gasteiger partial charge in [-0.05, 0) is 31.5 Å². The SMILES string of the molecule is CN=C(NCc1cccc(OCCOC)c1)NCC(C)(C)OC.I. The van der Waals surface area contributed by atoms with E-state index in [1.165, 1.54) is 0 Å². The first-order chi connectivity index (χ1) is 11.0. The Labute approximate surface area is 162 Å². The molecule has 1 rings (SSSR count). The van der Waals surface area contributed by atoms with Crippen LogP contribution in [0.4, 0.5) is 0 Å². The van der Waals surface area contributed by atoms with Gasteiger partial charge in [-0.25, -0.2) is 0 Å². The van der Waals surface area contributed by atoms with Crippen molar-refractivity contribution in [2.45, 2.75) is 26.0 Å². The summed E-state index contributed by atoms with van der Waals surface area (Å²) in [6, 6.07) is 7.97. The van der Waals surface area contributed by atoms with Crippen molar-refractivity contribution < 1.29 is 14.2 Å². The minimum absolute atomic E-state index is 0. The first-order valence-electron chi connectivity index (χ1n) is 7.71. The molecule has 0 radical (unpaired) electrons. The maximum atomic E-state index is 5.61. The number of rotatable bonds is 9. The Morgan fingerprint density at radius 2 is 1.92 bits per heavy atom. The van der Waals surface area contributed by atoms with Gasteiger partial charge in [0.1, 0.15) is 12.4 Å². The molecule has 0 aliphatic heterocycles. The van der Waals surface area contributed by atoms with E-state index >= 15 is 0 Å².